The van der Waals surface area contributed by atoms with E-state index in [0.29, 0.717) is 0 Å². The molecule has 1 aliphatic rings. The number of thioether (sulfide) groups is 1. The Morgan fingerprint density at radius 2 is 2.09 bits per heavy atom. The summed E-state index contributed by atoms with van der Waals surface area (Å²) in [5, 5.41) is 0. The Bertz CT molecular complexity index is 112. The molecule has 0 radical (unpaired) electrons. The highest BCUT2D eigenvalue weighted by molar-refractivity contribution is 7.99. The van der Waals surface area contributed by atoms with Crippen molar-refractivity contribution in [1.82, 2.24) is 4.90 Å². The third-order valence-corrected chi connectivity index (χ3v) is 2.71. The summed E-state index contributed by atoms with van der Waals surface area (Å²) >= 11 is 1.99. The number of hydrogen-bond donors (Lipinski definition) is 0. The number of nitrogens with zero attached hydrogens (tertiary/aromatic N) is 1. The summed E-state index contributed by atoms with van der Waals surface area (Å²) in [5.74, 6) is 2.42. The fourth-order valence-electron chi connectivity index (χ4n) is 0.862. The molecule has 1 heterocycles. The third-order valence-electron chi connectivity index (χ3n) is 1.59. The molecule has 0 bridgehead atoms. The van der Waals surface area contributed by atoms with Crippen molar-refractivity contribution in [3.63, 3.8) is 0 Å². The van der Waals surface area contributed by atoms with Crippen molar-refractivity contribution < 1.29 is 0 Å². The molecule has 0 aromatic heterocycles. The summed E-state index contributed by atoms with van der Waals surface area (Å²) in [5.41, 5.74) is 1.28. The van der Waals surface area contributed by atoms with Crippen LogP contribution in [-0.4, -0.2) is 30.0 Å². The highest BCUT2D eigenvalue weighted by Crippen LogP contribution is 2.15. The van der Waals surface area contributed by atoms with Gasteiger partial charge in [-0.05, 0) is 12.2 Å². The van der Waals surface area contributed by atoms with Crippen molar-refractivity contribution in [2.75, 3.05) is 25.1 Å². The van der Waals surface area contributed by atoms with Crippen LogP contribution in [0.5, 0.6) is 0 Å². The summed E-state index contributed by atoms with van der Waals surface area (Å²) in [6, 6.07) is 0. The Hall–Kier alpha value is -0.110. The van der Waals surface area contributed by atoms with E-state index in [1.54, 1.807) is 0 Å². The quantitative estimate of drug-likeness (QED) is 0.554. The predicted octanol–water partition coefficient (Wildman–Crippen LogP) is 2.60. The van der Waals surface area contributed by atoms with Gasteiger partial charge in [-0.15, -0.1) is 0 Å². The van der Waals surface area contributed by atoms with Gasteiger partial charge in [0, 0.05) is 25.0 Å². The maximum absolute atomic E-state index is 3.96. The monoisotopic (exact) mass is 173 g/mol. The molecule has 0 atom stereocenters. The number of hydrogen-bond acceptors (Lipinski definition) is 2. The zero-order chi connectivity index (χ0) is 8.69. The van der Waals surface area contributed by atoms with Gasteiger partial charge in [-0.2, -0.15) is 11.8 Å². The Balaban J connectivity index is 0.000000461. The largest absolute Gasteiger partial charge is 0.378 e. The van der Waals surface area contributed by atoms with Gasteiger partial charge >= 0.3 is 0 Å². The summed E-state index contributed by atoms with van der Waals surface area (Å²) in [6.45, 7) is 9.15. The maximum Gasteiger partial charge on any atom is 0.0328 e. The molecule has 1 saturated heterocycles. The molecular formula is C9H19NS. The summed E-state index contributed by atoms with van der Waals surface area (Å²) in [4.78, 5) is 2.25. The SMILES string of the molecule is C=C1CSCCCN1C.CC. The molecule has 66 valence electrons. The highest BCUT2D eigenvalue weighted by Gasteiger charge is 2.05. The first-order valence-electron chi connectivity index (χ1n) is 4.27. The lowest BCUT2D eigenvalue weighted by Crippen LogP contribution is -2.17. The Morgan fingerprint density at radius 1 is 1.45 bits per heavy atom. The molecule has 0 amide bonds. The standard InChI is InChI=1S/C7H13NS.C2H6/c1-7-6-9-5-3-4-8(7)2;1-2/h1,3-6H2,2H3;1-2H3. The van der Waals surface area contributed by atoms with Gasteiger partial charge in [-0.25, -0.2) is 0 Å². The molecule has 0 saturated carbocycles. The van der Waals surface area contributed by atoms with E-state index < -0.39 is 0 Å². The van der Waals surface area contributed by atoms with Crippen LogP contribution in [0.4, 0.5) is 0 Å². The minimum absolute atomic E-state index is 1.12. The van der Waals surface area contributed by atoms with Crippen molar-refractivity contribution in [1.29, 1.82) is 0 Å². The predicted molar refractivity (Wildman–Crippen MR) is 55.1 cm³/mol. The molecule has 1 aliphatic heterocycles. The van der Waals surface area contributed by atoms with Gasteiger partial charge in [0.1, 0.15) is 0 Å². The van der Waals surface area contributed by atoms with Gasteiger partial charge in [0.25, 0.3) is 0 Å². The topological polar surface area (TPSA) is 3.24 Å². The van der Waals surface area contributed by atoms with Crippen molar-refractivity contribution in [3.05, 3.63) is 12.3 Å². The normalized spacial score (nSPS) is 18.5. The first-order chi connectivity index (χ1) is 5.30. The molecule has 2 heteroatoms. The summed E-state index contributed by atoms with van der Waals surface area (Å²) < 4.78 is 0. The Morgan fingerprint density at radius 3 is 2.73 bits per heavy atom. The van der Waals surface area contributed by atoms with E-state index in [0.717, 1.165) is 5.75 Å². The zero-order valence-electron chi connectivity index (χ0n) is 7.89. The first-order valence-corrected chi connectivity index (χ1v) is 5.43. The van der Waals surface area contributed by atoms with E-state index in [2.05, 4.69) is 18.5 Å². The second-order valence-electron chi connectivity index (χ2n) is 2.39. The van der Waals surface area contributed by atoms with Crippen LogP contribution in [0.2, 0.25) is 0 Å². The average molecular weight is 173 g/mol. The average Bonchev–Trinajstić information content (AvgIpc) is 2.22. The first kappa shape index (κ1) is 10.9. The zero-order valence-corrected chi connectivity index (χ0v) is 8.71. The Labute approximate surface area is 74.9 Å². The van der Waals surface area contributed by atoms with Gasteiger partial charge in [0.2, 0.25) is 0 Å². The molecule has 0 aromatic rings. The smallest absolute Gasteiger partial charge is 0.0328 e. The minimum Gasteiger partial charge on any atom is -0.378 e. The fourth-order valence-corrected chi connectivity index (χ4v) is 1.80. The van der Waals surface area contributed by atoms with E-state index in [4.69, 9.17) is 0 Å². The van der Waals surface area contributed by atoms with Gasteiger partial charge in [0.15, 0.2) is 0 Å². The molecule has 11 heavy (non-hydrogen) atoms. The van der Waals surface area contributed by atoms with Gasteiger partial charge in [-0.1, -0.05) is 20.4 Å². The van der Waals surface area contributed by atoms with Crippen molar-refractivity contribution in [2.45, 2.75) is 20.3 Å². The van der Waals surface area contributed by atoms with Crippen LogP contribution in [0, 0.1) is 0 Å². The second-order valence-corrected chi connectivity index (χ2v) is 3.50. The van der Waals surface area contributed by atoms with Crippen LogP contribution in [0.3, 0.4) is 0 Å². The highest BCUT2D eigenvalue weighted by atomic mass is 32.2. The van der Waals surface area contributed by atoms with E-state index >= 15 is 0 Å². The van der Waals surface area contributed by atoms with Gasteiger partial charge in [0.05, 0.1) is 0 Å². The van der Waals surface area contributed by atoms with E-state index in [9.17, 15) is 0 Å². The van der Waals surface area contributed by atoms with Gasteiger partial charge in [-0.3, -0.25) is 0 Å². The molecule has 1 rings (SSSR count). The lowest BCUT2D eigenvalue weighted by atomic mass is 10.4. The molecule has 0 aromatic carbocycles. The van der Waals surface area contributed by atoms with E-state index in [-0.39, 0.29) is 0 Å². The Kier molecular flexibility index (Phi) is 6.52. The van der Waals surface area contributed by atoms with Crippen LogP contribution in [0.25, 0.3) is 0 Å². The molecule has 0 spiro atoms. The maximum atomic E-state index is 3.96. The van der Waals surface area contributed by atoms with Crippen molar-refractivity contribution in [3.8, 4) is 0 Å². The lowest BCUT2D eigenvalue weighted by molar-refractivity contribution is 0.427. The molecule has 1 nitrogen and oxygen atoms in total. The minimum atomic E-state index is 1.12. The van der Waals surface area contributed by atoms with Crippen molar-refractivity contribution >= 4 is 11.8 Å². The molecular weight excluding hydrogens is 154 g/mol. The second kappa shape index (κ2) is 6.59. The van der Waals surface area contributed by atoms with E-state index in [1.165, 1.54) is 24.4 Å². The summed E-state index contributed by atoms with van der Waals surface area (Å²) in [7, 11) is 2.12. The fraction of sp³-hybridized carbons (Fsp3) is 0.778. The molecule has 0 unspecified atom stereocenters. The summed E-state index contributed by atoms with van der Waals surface area (Å²) in [6.07, 6.45) is 1.31. The number of rotatable bonds is 0. The van der Waals surface area contributed by atoms with Crippen LogP contribution < -0.4 is 0 Å². The van der Waals surface area contributed by atoms with Crippen LogP contribution >= 0.6 is 11.8 Å². The van der Waals surface area contributed by atoms with Gasteiger partial charge < -0.3 is 4.90 Å². The molecule has 0 N–H and O–H groups in total. The van der Waals surface area contributed by atoms with Crippen LogP contribution in [-0.2, 0) is 0 Å². The van der Waals surface area contributed by atoms with Crippen LogP contribution in [0.1, 0.15) is 20.3 Å². The molecule has 1 fully saturated rings. The third kappa shape index (κ3) is 4.35. The van der Waals surface area contributed by atoms with Crippen molar-refractivity contribution in [2.24, 2.45) is 0 Å². The van der Waals surface area contributed by atoms with Crippen LogP contribution in [0.15, 0.2) is 12.3 Å². The molecule has 0 aliphatic carbocycles. The van der Waals surface area contributed by atoms with E-state index in [1.807, 2.05) is 25.6 Å². The lowest BCUT2D eigenvalue weighted by Gasteiger charge is -2.16.